The molecular weight excluding hydrogens is 282 g/mol. The van der Waals surface area contributed by atoms with E-state index in [-0.39, 0.29) is 12.4 Å². The van der Waals surface area contributed by atoms with Crippen LogP contribution in [0.1, 0.15) is 37.8 Å². The number of allylic oxidation sites excluding steroid dienone is 1. The number of carbonyl (C=O) groups is 2. The van der Waals surface area contributed by atoms with Gasteiger partial charge in [0, 0.05) is 5.57 Å². The van der Waals surface area contributed by atoms with Crippen LogP contribution in [0.2, 0.25) is 0 Å². The number of benzene rings is 1. The lowest BCUT2D eigenvalue weighted by atomic mass is 9.85. The van der Waals surface area contributed by atoms with Crippen molar-refractivity contribution in [2.24, 2.45) is 0 Å². The van der Waals surface area contributed by atoms with Crippen LogP contribution < -0.4 is 0 Å². The minimum Gasteiger partial charge on any atom is -0.482 e. The monoisotopic (exact) mass is 299 g/mol. The van der Waals surface area contributed by atoms with E-state index in [2.05, 4.69) is 0 Å². The Balaban J connectivity index is 2.44. The van der Waals surface area contributed by atoms with Crippen molar-refractivity contribution in [3.05, 3.63) is 46.7 Å². The molecule has 0 unspecified atom stereocenters. The van der Waals surface area contributed by atoms with Gasteiger partial charge in [0.15, 0.2) is 5.78 Å². The SMILES string of the molecule is CCOC(=O)[C@H]1OC(C)=C(C(C)=O)[C@@H]1c1ccc(C#N)cc1. The van der Waals surface area contributed by atoms with E-state index in [0.29, 0.717) is 16.9 Å². The molecule has 0 radical (unpaired) electrons. The lowest BCUT2D eigenvalue weighted by Crippen LogP contribution is -2.30. The highest BCUT2D eigenvalue weighted by Gasteiger charge is 2.43. The van der Waals surface area contributed by atoms with Crippen molar-refractivity contribution in [3.63, 3.8) is 0 Å². The molecule has 1 aromatic rings. The van der Waals surface area contributed by atoms with Crippen LogP contribution in [0.15, 0.2) is 35.6 Å². The first kappa shape index (κ1) is 15.8. The molecule has 1 aromatic carbocycles. The summed E-state index contributed by atoms with van der Waals surface area (Å²) in [5, 5.41) is 8.87. The van der Waals surface area contributed by atoms with Crippen LogP contribution in [0.25, 0.3) is 0 Å². The maximum Gasteiger partial charge on any atom is 0.348 e. The van der Waals surface area contributed by atoms with Gasteiger partial charge in [-0.05, 0) is 38.5 Å². The number of hydrogen-bond donors (Lipinski definition) is 0. The predicted octanol–water partition coefficient (Wildman–Crippen LogP) is 2.47. The maximum atomic E-state index is 12.1. The molecule has 0 aromatic heterocycles. The standard InChI is InChI=1S/C17H17NO4/c1-4-21-17(20)16-15(14(10(2)19)11(3)22-16)13-7-5-12(9-18)6-8-13/h5-8,15-16H,4H2,1-3H3/t15-,16-/m0/s1. The van der Waals surface area contributed by atoms with Crippen molar-refractivity contribution >= 4 is 11.8 Å². The molecule has 1 aliphatic rings. The van der Waals surface area contributed by atoms with Gasteiger partial charge in [-0.2, -0.15) is 5.26 Å². The molecule has 5 heteroatoms. The van der Waals surface area contributed by atoms with E-state index in [1.54, 1.807) is 38.1 Å². The molecule has 0 aliphatic carbocycles. The van der Waals surface area contributed by atoms with E-state index in [1.165, 1.54) is 6.92 Å². The third kappa shape index (κ3) is 2.86. The van der Waals surface area contributed by atoms with Crippen LogP contribution in [0.3, 0.4) is 0 Å². The van der Waals surface area contributed by atoms with Gasteiger partial charge in [-0.15, -0.1) is 0 Å². The Hall–Kier alpha value is -2.61. The molecule has 0 bridgehead atoms. The molecule has 0 N–H and O–H groups in total. The third-order valence-corrected chi connectivity index (χ3v) is 3.59. The van der Waals surface area contributed by atoms with Gasteiger partial charge in [0.25, 0.3) is 0 Å². The highest BCUT2D eigenvalue weighted by Crippen LogP contribution is 2.40. The zero-order valence-electron chi connectivity index (χ0n) is 12.8. The highest BCUT2D eigenvalue weighted by atomic mass is 16.6. The summed E-state index contributed by atoms with van der Waals surface area (Å²) < 4.78 is 10.6. The number of hydrogen-bond acceptors (Lipinski definition) is 5. The summed E-state index contributed by atoms with van der Waals surface area (Å²) in [7, 11) is 0. The molecule has 0 fully saturated rings. The number of ether oxygens (including phenoxy) is 2. The first-order chi connectivity index (χ1) is 10.5. The zero-order chi connectivity index (χ0) is 16.3. The van der Waals surface area contributed by atoms with Gasteiger partial charge in [0.2, 0.25) is 6.10 Å². The van der Waals surface area contributed by atoms with E-state index < -0.39 is 18.0 Å². The normalized spacial score (nSPS) is 20.3. The molecule has 0 saturated carbocycles. The van der Waals surface area contributed by atoms with Gasteiger partial charge in [0.05, 0.1) is 24.2 Å². The Kier molecular flexibility index (Phi) is 4.62. The number of ketones is 1. The van der Waals surface area contributed by atoms with E-state index >= 15 is 0 Å². The van der Waals surface area contributed by atoms with Crippen molar-refractivity contribution in [1.29, 1.82) is 5.26 Å². The first-order valence-corrected chi connectivity index (χ1v) is 7.04. The average Bonchev–Trinajstić information content (AvgIpc) is 2.85. The average molecular weight is 299 g/mol. The van der Waals surface area contributed by atoms with E-state index in [1.807, 2.05) is 6.07 Å². The molecule has 1 aliphatic heterocycles. The maximum absolute atomic E-state index is 12.1. The van der Waals surface area contributed by atoms with Gasteiger partial charge in [-0.3, -0.25) is 4.79 Å². The van der Waals surface area contributed by atoms with Crippen LogP contribution in [0, 0.1) is 11.3 Å². The summed E-state index contributed by atoms with van der Waals surface area (Å²) in [6.07, 6.45) is -0.869. The summed E-state index contributed by atoms with van der Waals surface area (Å²) >= 11 is 0. The number of nitriles is 1. The van der Waals surface area contributed by atoms with Gasteiger partial charge in [-0.1, -0.05) is 12.1 Å². The highest BCUT2D eigenvalue weighted by molar-refractivity contribution is 5.97. The fraction of sp³-hybridized carbons (Fsp3) is 0.353. The fourth-order valence-electron chi connectivity index (χ4n) is 2.67. The fourth-order valence-corrected chi connectivity index (χ4v) is 2.67. The molecule has 22 heavy (non-hydrogen) atoms. The molecule has 5 nitrogen and oxygen atoms in total. The van der Waals surface area contributed by atoms with Crippen LogP contribution in [0.4, 0.5) is 0 Å². The Morgan fingerprint density at radius 3 is 2.45 bits per heavy atom. The Labute approximate surface area is 129 Å². The molecule has 2 atom stereocenters. The van der Waals surface area contributed by atoms with Gasteiger partial charge in [0.1, 0.15) is 5.76 Å². The topological polar surface area (TPSA) is 76.4 Å². The lowest BCUT2D eigenvalue weighted by Gasteiger charge is -2.19. The number of rotatable bonds is 4. The van der Waals surface area contributed by atoms with Gasteiger partial charge < -0.3 is 9.47 Å². The van der Waals surface area contributed by atoms with Crippen molar-refractivity contribution in [1.82, 2.24) is 0 Å². The van der Waals surface area contributed by atoms with Crippen molar-refractivity contribution in [2.75, 3.05) is 6.61 Å². The summed E-state index contributed by atoms with van der Waals surface area (Å²) in [6, 6.07) is 8.82. The molecule has 0 saturated heterocycles. The van der Waals surface area contributed by atoms with Crippen LogP contribution >= 0.6 is 0 Å². The molecule has 114 valence electrons. The molecular formula is C17H17NO4. The quantitative estimate of drug-likeness (QED) is 0.798. The summed E-state index contributed by atoms with van der Waals surface area (Å²) in [5.41, 5.74) is 1.74. The smallest absolute Gasteiger partial charge is 0.348 e. The van der Waals surface area contributed by atoms with Crippen molar-refractivity contribution < 1.29 is 19.1 Å². The minimum absolute atomic E-state index is 0.140. The number of Topliss-reactive ketones (excluding diaryl/α,β-unsaturated/α-hetero) is 1. The Morgan fingerprint density at radius 2 is 1.95 bits per heavy atom. The van der Waals surface area contributed by atoms with E-state index in [9.17, 15) is 9.59 Å². The van der Waals surface area contributed by atoms with Gasteiger partial charge in [-0.25, -0.2) is 4.79 Å². The second-order valence-electron chi connectivity index (χ2n) is 5.03. The number of esters is 1. The van der Waals surface area contributed by atoms with Crippen molar-refractivity contribution in [3.8, 4) is 6.07 Å². The molecule has 1 heterocycles. The molecule has 0 spiro atoms. The summed E-state index contributed by atoms with van der Waals surface area (Å²) in [5.74, 6) is -0.699. The second-order valence-corrected chi connectivity index (χ2v) is 5.03. The number of carbonyl (C=O) groups excluding carboxylic acids is 2. The predicted molar refractivity (Wildman–Crippen MR) is 78.8 cm³/mol. The van der Waals surface area contributed by atoms with Crippen LogP contribution in [0.5, 0.6) is 0 Å². The zero-order valence-corrected chi connectivity index (χ0v) is 12.8. The molecule has 2 rings (SSSR count). The van der Waals surface area contributed by atoms with Crippen molar-refractivity contribution in [2.45, 2.75) is 32.8 Å². The third-order valence-electron chi connectivity index (χ3n) is 3.59. The van der Waals surface area contributed by atoms with E-state index in [0.717, 1.165) is 5.56 Å². The van der Waals surface area contributed by atoms with Crippen LogP contribution in [-0.2, 0) is 19.1 Å². The summed E-state index contributed by atoms with van der Waals surface area (Å²) in [6.45, 7) is 5.09. The first-order valence-electron chi connectivity index (χ1n) is 7.04. The van der Waals surface area contributed by atoms with Gasteiger partial charge >= 0.3 is 5.97 Å². The molecule has 0 amide bonds. The Bertz CT molecular complexity index is 667. The largest absolute Gasteiger partial charge is 0.482 e. The lowest BCUT2D eigenvalue weighted by molar-refractivity contribution is -0.153. The Morgan fingerprint density at radius 1 is 1.32 bits per heavy atom. The van der Waals surface area contributed by atoms with E-state index in [4.69, 9.17) is 14.7 Å². The number of nitrogens with zero attached hydrogens (tertiary/aromatic N) is 1. The second kappa shape index (κ2) is 6.44. The summed E-state index contributed by atoms with van der Waals surface area (Å²) in [4.78, 5) is 24.1. The van der Waals surface area contributed by atoms with Crippen LogP contribution in [-0.4, -0.2) is 24.5 Å². The minimum atomic E-state index is -0.869.